The minimum Gasteiger partial charge on any atom is -0.309 e. The zero-order valence-corrected chi connectivity index (χ0v) is 10.8. The molecular formula is C10H20ClNO2S. The van der Waals surface area contributed by atoms with E-state index < -0.39 is 9.84 Å². The van der Waals surface area contributed by atoms with Crippen molar-refractivity contribution in [2.45, 2.75) is 38.1 Å². The molecule has 0 atom stereocenters. The lowest BCUT2D eigenvalue weighted by Crippen LogP contribution is -2.46. The Hall–Kier alpha value is 0.200. The molecule has 3 nitrogen and oxygen atoms in total. The second kappa shape index (κ2) is 5.51. The molecule has 0 radical (unpaired) electrons. The molecule has 0 aromatic carbocycles. The summed E-state index contributed by atoms with van der Waals surface area (Å²) in [7, 11) is -2.85. The van der Waals surface area contributed by atoms with Crippen molar-refractivity contribution in [1.29, 1.82) is 0 Å². The fourth-order valence-electron chi connectivity index (χ4n) is 2.03. The molecule has 0 spiro atoms. The fraction of sp³-hybridized carbons (Fsp3) is 1.00. The van der Waals surface area contributed by atoms with Crippen molar-refractivity contribution >= 4 is 21.4 Å². The highest BCUT2D eigenvalue weighted by Gasteiger charge is 2.32. The van der Waals surface area contributed by atoms with E-state index >= 15 is 0 Å². The summed E-state index contributed by atoms with van der Waals surface area (Å²) in [6.45, 7) is 2.21. The van der Waals surface area contributed by atoms with Gasteiger partial charge in [0.05, 0.1) is 5.75 Å². The molecule has 1 rings (SSSR count). The molecule has 0 aliphatic heterocycles. The zero-order valence-electron chi connectivity index (χ0n) is 9.26. The number of rotatable bonds is 6. The smallest absolute Gasteiger partial charge is 0.151 e. The molecule has 1 aliphatic rings. The van der Waals surface area contributed by atoms with Gasteiger partial charge in [-0.05, 0) is 12.8 Å². The van der Waals surface area contributed by atoms with Gasteiger partial charge >= 0.3 is 0 Å². The van der Waals surface area contributed by atoms with Gasteiger partial charge in [-0.3, -0.25) is 0 Å². The monoisotopic (exact) mass is 253 g/mol. The quantitative estimate of drug-likeness (QED) is 0.731. The van der Waals surface area contributed by atoms with E-state index in [4.69, 9.17) is 11.6 Å². The van der Waals surface area contributed by atoms with Gasteiger partial charge in [-0.25, -0.2) is 8.42 Å². The van der Waals surface area contributed by atoms with Crippen LogP contribution in [0, 0.1) is 0 Å². The average Bonchev–Trinajstić information content (AvgIpc) is 2.67. The lowest BCUT2D eigenvalue weighted by atomic mass is 10.0. The number of alkyl halides is 1. The molecule has 0 saturated heterocycles. The Morgan fingerprint density at radius 1 is 1.33 bits per heavy atom. The highest BCUT2D eigenvalue weighted by molar-refractivity contribution is 7.91. The van der Waals surface area contributed by atoms with E-state index in [0.29, 0.717) is 12.4 Å². The second-order valence-electron chi connectivity index (χ2n) is 4.28. The van der Waals surface area contributed by atoms with Gasteiger partial charge in [-0.1, -0.05) is 19.8 Å². The van der Waals surface area contributed by atoms with Crippen LogP contribution in [0.25, 0.3) is 0 Å². The normalized spacial score (nSPS) is 20.7. The van der Waals surface area contributed by atoms with Gasteiger partial charge in [0.1, 0.15) is 0 Å². The number of nitrogens with one attached hydrogen (secondary N) is 1. The minimum absolute atomic E-state index is 0.00478. The Labute approximate surface area is 97.5 Å². The summed E-state index contributed by atoms with van der Waals surface area (Å²) in [6.07, 6.45) is 4.53. The van der Waals surface area contributed by atoms with Gasteiger partial charge in [-0.15, -0.1) is 11.6 Å². The molecule has 0 amide bonds. The largest absolute Gasteiger partial charge is 0.309 e. The van der Waals surface area contributed by atoms with E-state index in [-0.39, 0.29) is 17.0 Å². The molecule has 5 heteroatoms. The summed E-state index contributed by atoms with van der Waals surface area (Å²) in [4.78, 5) is 0. The third-order valence-corrected chi connectivity index (χ3v) is 5.39. The Morgan fingerprint density at radius 3 is 2.40 bits per heavy atom. The first kappa shape index (κ1) is 13.3. The molecule has 1 saturated carbocycles. The lowest BCUT2D eigenvalue weighted by Gasteiger charge is -2.27. The predicted molar refractivity (Wildman–Crippen MR) is 64.2 cm³/mol. The number of hydrogen-bond donors (Lipinski definition) is 1. The summed E-state index contributed by atoms with van der Waals surface area (Å²) >= 11 is 5.94. The first-order valence-electron chi connectivity index (χ1n) is 5.55. The predicted octanol–water partition coefficient (Wildman–Crippen LogP) is 1.56. The molecule has 90 valence electrons. The van der Waals surface area contributed by atoms with Gasteiger partial charge in [-0.2, -0.15) is 0 Å². The van der Waals surface area contributed by atoms with Crippen molar-refractivity contribution in [2.24, 2.45) is 0 Å². The molecule has 0 aromatic heterocycles. The van der Waals surface area contributed by atoms with Crippen LogP contribution in [0.2, 0.25) is 0 Å². The molecule has 0 aromatic rings. The van der Waals surface area contributed by atoms with Crippen LogP contribution in [-0.2, 0) is 9.84 Å². The van der Waals surface area contributed by atoms with Gasteiger partial charge < -0.3 is 5.32 Å². The van der Waals surface area contributed by atoms with Crippen molar-refractivity contribution in [3.05, 3.63) is 0 Å². The van der Waals surface area contributed by atoms with Crippen molar-refractivity contribution in [3.63, 3.8) is 0 Å². The Kier molecular flexibility index (Phi) is 4.87. The van der Waals surface area contributed by atoms with Crippen molar-refractivity contribution in [1.82, 2.24) is 5.32 Å². The average molecular weight is 254 g/mol. The molecule has 0 unspecified atom stereocenters. The number of halogens is 1. The van der Waals surface area contributed by atoms with Crippen LogP contribution in [0.4, 0.5) is 0 Å². The second-order valence-corrected chi connectivity index (χ2v) is 7.02. The van der Waals surface area contributed by atoms with E-state index in [0.717, 1.165) is 12.8 Å². The van der Waals surface area contributed by atoms with E-state index in [9.17, 15) is 8.42 Å². The van der Waals surface area contributed by atoms with Crippen LogP contribution in [0.1, 0.15) is 32.6 Å². The van der Waals surface area contributed by atoms with Crippen molar-refractivity contribution in [2.75, 3.05) is 23.9 Å². The molecule has 1 aliphatic carbocycles. The van der Waals surface area contributed by atoms with Crippen molar-refractivity contribution in [3.8, 4) is 0 Å². The topological polar surface area (TPSA) is 46.2 Å². The van der Waals surface area contributed by atoms with Crippen LogP contribution in [0.3, 0.4) is 0 Å². The maximum atomic E-state index is 11.3. The molecule has 15 heavy (non-hydrogen) atoms. The minimum atomic E-state index is -2.85. The fourth-order valence-corrected chi connectivity index (χ4v) is 3.09. The van der Waals surface area contributed by atoms with Crippen LogP contribution >= 0.6 is 11.6 Å². The maximum Gasteiger partial charge on any atom is 0.151 e. The SMILES string of the molecule is CCS(=O)(=O)CCNC1(CCl)CCCC1. The first-order valence-corrected chi connectivity index (χ1v) is 7.91. The van der Waals surface area contributed by atoms with E-state index in [2.05, 4.69) is 5.32 Å². The van der Waals surface area contributed by atoms with Crippen LogP contribution in [0.5, 0.6) is 0 Å². The highest BCUT2D eigenvalue weighted by Crippen LogP contribution is 2.30. The molecule has 1 fully saturated rings. The Balaban J connectivity index is 2.36. The first-order chi connectivity index (χ1) is 7.04. The standard InChI is InChI=1S/C10H20ClNO2S/c1-2-15(13,14)8-7-12-10(9-11)5-3-4-6-10/h12H,2-9H2,1H3. The lowest BCUT2D eigenvalue weighted by molar-refractivity contribution is 0.380. The molecule has 1 N–H and O–H groups in total. The number of hydrogen-bond acceptors (Lipinski definition) is 3. The van der Waals surface area contributed by atoms with Crippen LogP contribution < -0.4 is 5.32 Å². The molecular weight excluding hydrogens is 234 g/mol. The summed E-state index contributed by atoms with van der Waals surface area (Å²) < 4.78 is 22.6. The summed E-state index contributed by atoms with van der Waals surface area (Å²) in [6, 6.07) is 0. The highest BCUT2D eigenvalue weighted by atomic mass is 35.5. The summed E-state index contributed by atoms with van der Waals surface area (Å²) in [5.74, 6) is 1.03. The van der Waals surface area contributed by atoms with E-state index in [1.807, 2.05) is 0 Å². The van der Waals surface area contributed by atoms with Gasteiger partial charge in [0.2, 0.25) is 0 Å². The summed E-state index contributed by atoms with van der Waals surface area (Å²) in [5, 5.41) is 3.32. The van der Waals surface area contributed by atoms with E-state index in [1.165, 1.54) is 12.8 Å². The molecule has 0 bridgehead atoms. The van der Waals surface area contributed by atoms with Gasteiger partial charge in [0.25, 0.3) is 0 Å². The van der Waals surface area contributed by atoms with Gasteiger partial charge in [0.15, 0.2) is 9.84 Å². The van der Waals surface area contributed by atoms with Crippen LogP contribution in [0.15, 0.2) is 0 Å². The third-order valence-electron chi connectivity index (χ3n) is 3.17. The van der Waals surface area contributed by atoms with Gasteiger partial charge in [0, 0.05) is 23.7 Å². The molecule has 0 heterocycles. The van der Waals surface area contributed by atoms with Crippen molar-refractivity contribution < 1.29 is 8.42 Å². The van der Waals surface area contributed by atoms with E-state index in [1.54, 1.807) is 6.92 Å². The Bertz CT molecular complexity index is 284. The van der Waals surface area contributed by atoms with Crippen LogP contribution in [-0.4, -0.2) is 37.9 Å². The zero-order chi connectivity index (χ0) is 11.4. The third kappa shape index (κ3) is 3.93. The maximum absolute atomic E-state index is 11.3. The Morgan fingerprint density at radius 2 is 1.93 bits per heavy atom. The summed E-state index contributed by atoms with van der Waals surface area (Å²) in [5.41, 5.74) is 0.00478. The number of sulfone groups is 1.